The third kappa shape index (κ3) is 3.81. The zero-order valence-corrected chi connectivity index (χ0v) is 24.6. The van der Waals surface area contributed by atoms with Crippen LogP contribution < -0.4 is 4.74 Å². The average molecular weight is 588 g/mol. The van der Waals surface area contributed by atoms with Crippen molar-refractivity contribution in [3.05, 3.63) is 113 Å². The minimum Gasteiger partial charge on any atom is -0.508 e. The molecule has 7 rings (SSSR count). The quantitative estimate of drug-likeness (QED) is 0.324. The largest absolute Gasteiger partial charge is 0.508 e. The zero-order chi connectivity index (χ0) is 30.7. The van der Waals surface area contributed by atoms with Crippen LogP contribution in [0, 0.1) is 23.7 Å². The number of carbonyl (C=O) groups is 4. The van der Waals surface area contributed by atoms with E-state index < -0.39 is 35.0 Å². The summed E-state index contributed by atoms with van der Waals surface area (Å²) in [5.74, 6) is -3.40. The number of hydrogen-bond donors (Lipinski definition) is 1. The molecule has 44 heavy (non-hydrogen) atoms. The Hall–Kier alpha value is -4.78. The number of rotatable bonds is 5. The van der Waals surface area contributed by atoms with Gasteiger partial charge in [-0.25, -0.2) is 0 Å². The third-order valence-corrected chi connectivity index (χ3v) is 10.3. The number of carbonyl (C=O) groups excluding carboxylic acids is 4. The number of ketones is 2. The van der Waals surface area contributed by atoms with Crippen LogP contribution in [0.4, 0.5) is 0 Å². The lowest BCUT2D eigenvalue weighted by Crippen LogP contribution is -2.58. The molecular formula is C37H33NO6. The van der Waals surface area contributed by atoms with Gasteiger partial charge in [-0.15, -0.1) is 0 Å². The average Bonchev–Trinajstić information content (AvgIpc) is 3.31. The number of likely N-dealkylation sites (tertiary alicyclic amines) is 1. The predicted molar refractivity (Wildman–Crippen MR) is 164 cm³/mol. The second kappa shape index (κ2) is 10.4. The van der Waals surface area contributed by atoms with Gasteiger partial charge in [0.05, 0.1) is 24.4 Å². The molecule has 6 unspecified atom stereocenters. The number of ether oxygens (including phenoxy) is 1. The van der Waals surface area contributed by atoms with Gasteiger partial charge >= 0.3 is 0 Å². The summed E-state index contributed by atoms with van der Waals surface area (Å²) in [6.07, 6.45) is 4.15. The Balaban J connectivity index is 1.54. The van der Waals surface area contributed by atoms with Gasteiger partial charge in [0.1, 0.15) is 11.5 Å². The summed E-state index contributed by atoms with van der Waals surface area (Å²) in [5, 5.41) is 10.4. The summed E-state index contributed by atoms with van der Waals surface area (Å²) in [4.78, 5) is 58.3. The number of imide groups is 1. The van der Waals surface area contributed by atoms with Gasteiger partial charge in [-0.1, -0.05) is 78.4 Å². The Bertz CT molecular complexity index is 1760. The lowest BCUT2D eigenvalue weighted by atomic mass is 9.44. The maximum atomic E-state index is 15.0. The number of phenolic OH excluding ortho intramolecular Hbond substituents is 1. The highest BCUT2D eigenvalue weighted by Crippen LogP contribution is 2.64. The van der Waals surface area contributed by atoms with Crippen molar-refractivity contribution in [3.8, 4) is 11.5 Å². The lowest BCUT2D eigenvalue weighted by molar-refractivity contribution is -0.140. The van der Waals surface area contributed by atoms with Gasteiger partial charge in [-0.05, 0) is 49.0 Å². The second-order valence-electron chi connectivity index (χ2n) is 12.1. The van der Waals surface area contributed by atoms with Crippen LogP contribution in [0.5, 0.6) is 11.5 Å². The lowest BCUT2D eigenvalue weighted by Gasteiger charge is -2.55. The smallest absolute Gasteiger partial charge is 0.233 e. The monoisotopic (exact) mass is 587 g/mol. The summed E-state index contributed by atoms with van der Waals surface area (Å²) in [5.41, 5.74) is 1.90. The van der Waals surface area contributed by atoms with Crippen LogP contribution in [0.1, 0.15) is 42.4 Å². The van der Waals surface area contributed by atoms with Gasteiger partial charge in [0, 0.05) is 35.6 Å². The van der Waals surface area contributed by atoms with Gasteiger partial charge in [-0.2, -0.15) is 0 Å². The zero-order valence-electron chi connectivity index (χ0n) is 24.6. The molecule has 3 aromatic carbocycles. The molecule has 6 atom stereocenters. The molecule has 7 heteroatoms. The van der Waals surface area contributed by atoms with Gasteiger partial charge in [-0.3, -0.25) is 24.1 Å². The molecule has 1 saturated carbocycles. The Labute approximate surface area is 255 Å². The summed E-state index contributed by atoms with van der Waals surface area (Å²) in [6.45, 7) is 2.09. The van der Waals surface area contributed by atoms with Crippen LogP contribution in [0.25, 0.3) is 5.57 Å². The van der Waals surface area contributed by atoms with E-state index >= 15 is 0 Å². The highest BCUT2D eigenvalue weighted by molar-refractivity contribution is 6.31. The van der Waals surface area contributed by atoms with E-state index in [1.54, 1.807) is 19.1 Å². The number of benzene rings is 3. The molecule has 0 aromatic heterocycles. The Morgan fingerprint density at radius 2 is 1.61 bits per heavy atom. The first-order valence-corrected chi connectivity index (χ1v) is 15.2. The van der Waals surface area contributed by atoms with Crippen molar-refractivity contribution in [2.75, 3.05) is 13.7 Å². The van der Waals surface area contributed by atoms with Crippen molar-refractivity contribution in [1.29, 1.82) is 0 Å². The molecule has 4 aliphatic rings. The maximum absolute atomic E-state index is 15.0. The summed E-state index contributed by atoms with van der Waals surface area (Å²) in [7, 11) is 1.51. The first kappa shape index (κ1) is 28.0. The second-order valence-corrected chi connectivity index (χ2v) is 12.1. The predicted octanol–water partition coefficient (Wildman–Crippen LogP) is 5.25. The van der Waals surface area contributed by atoms with E-state index in [4.69, 9.17) is 4.74 Å². The van der Waals surface area contributed by atoms with Crippen LogP contribution in [0.3, 0.4) is 0 Å². The van der Waals surface area contributed by atoms with E-state index in [1.807, 2.05) is 66.7 Å². The van der Waals surface area contributed by atoms with E-state index in [-0.39, 0.29) is 42.1 Å². The number of nitrogens with zero attached hydrogens (tertiary/aromatic N) is 1. The van der Waals surface area contributed by atoms with Crippen molar-refractivity contribution in [2.24, 2.45) is 23.7 Å². The SMILES string of the molecule is CCN1C(=O)C2CC=C3C(CC4C(=O)C(c5ccccc5)=CC(=O)C4(c4ccccc4)C3c3ccc(O)cc3OC)C2C1=O. The van der Waals surface area contributed by atoms with Crippen molar-refractivity contribution < 1.29 is 29.0 Å². The standard InChI is InChI=1S/C37H33NO6/c1-3-38-35(42)26-17-16-24-28(32(26)36(38)43)19-29-34(41)27(21-10-6-4-7-11-21)20-31(40)37(29,22-12-8-5-9-13-22)33(24)25-15-14-23(39)18-30(25)44-2/h4-16,18,20,26,28-29,32-33,39H,3,17,19H2,1-2H3. The van der Waals surface area contributed by atoms with Gasteiger partial charge < -0.3 is 9.84 Å². The molecule has 7 nitrogen and oxygen atoms in total. The molecule has 2 fully saturated rings. The number of methoxy groups -OCH3 is 1. The molecular weight excluding hydrogens is 554 g/mol. The van der Waals surface area contributed by atoms with Crippen molar-refractivity contribution in [3.63, 3.8) is 0 Å². The van der Waals surface area contributed by atoms with Crippen LogP contribution in [-0.4, -0.2) is 47.0 Å². The molecule has 2 amide bonds. The molecule has 0 spiro atoms. The number of fused-ring (bicyclic) bond motifs is 4. The highest BCUT2D eigenvalue weighted by atomic mass is 16.5. The Morgan fingerprint density at radius 1 is 0.909 bits per heavy atom. The van der Waals surface area contributed by atoms with Crippen LogP contribution in [0.15, 0.2) is 96.6 Å². The molecule has 0 radical (unpaired) electrons. The summed E-state index contributed by atoms with van der Waals surface area (Å²) in [6, 6.07) is 23.4. The first-order valence-electron chi connectivity index (χ1n) is 15.2. The van der Waals surface area contributed by atoms with Gasteiger partial charge in [0.25, 0.3) is 0 Å². The van der Waals surface area contributed by atoms with Gasteiger partial charge in [0.15, 0.2) is 11.6 Å². The molecule has 3 aromatic rings. The number of amides is 2. The van der Waals surface area contributed by atoms with Crippen molar-refractivity contribution in [2.45, 2.75) is 31.1 Å². The molecule has 1 heterocycles. The maximum Gasteiger partial charge on any atom is 0.233 e. The fourth-order valence-electron chi connectivity index (χ4n) is 8.53. The van der Waals surface area contributed by atoms with E-state index in [2.05, 4.69) is 0 Å². The van der Waals surface area contributed by atoms with Gasteiger partial charge in [0.2, 0.25) is 11.8 Å². The fourth-order valence-corrected chi connectivity index (χ4v) is 8.53. The molecule has 1 N–H and O–H groups in total. The van der Waals surface area contributed by atoms with E-state index in [9.17, 15) is 24.3 Å². The minimum atomic E-state index is -1.34. The molecule has 1 saturated heterocycles. The number of phenols is 1. The summed E-state index contributed by atoms with van der Waals surface area (Å²) < 4.78 is 5.80. The third-order valence-electron chi connectivity index (χ3n) is 10.3. The fraction of sp³-hybridized carbons (Fsp3) is 0.297. The molecule has 3 aliphatic carbocycles. The number of aromatic hydroxyl groups is 1. The normalized spacial score (nSPS) is 29.4. The summed E-state index contributed by atoms with van der Waals surface area (Å²) >= 11 is 0. The highest BCUT2D eigenvalue weighted by Gasteiger charge is 2.66. The molecule has 222 valence electrons. The van der Waals surface area contributed by atoms with Crippen LogP contribution in [-0.2, 0) is 24.6 Å². The Kier molecular flexibility index (Phi) is 6.65. The van der Waals surface area contributed by atoms with Crippen molar-refractivity contribution >= 4 is 29.0 Å². The number of allylic oxidation sites excluding steroid dienone is 4. The topological polar surface area (TPSA) is 101 Å². The van der Waals surface area contributed by atoms with Crippen LogP contribution in [0.2, 0.25) is 0 Å². The van der Waals surface area contributed by atoms with E-state index in [0.717, 1.165) is 5.57 Å². The molecule has 1 aliphatic heterocycles. The molecule has 0 bridgehead atoms. The first-order chi connectivity index (χ1) is 21.3. The van der Waals surface area contributed by atoms with Crippen LogP contribution >= 0.6 is 0 Å². The minimum absolute atomic E-state index is 0.00780. The van der Waals surface area contributed by atoms with Crippen molar-refractivity contribution in [1.82, 2.24) is 4.90 Å². The number of hydrogen-bond acceptors (Lipinski definition) is 6. The van der Waals surface area contributed by atoms with E-state index in [1.165, 1.54) is 24.2 Å². The number of Topliss-reactive ketones (excluding diaryl/α,β-unsaturated/α-hetero) is 1. The Morgan fingerprint density at radius 3 is 2.30 bits per heavy atom. The van der Waals surface area contributed by atoms with E-state index in [0.29, 0.717) is 34.4 Å².